The number of fused-ring (bicyclic) bond motifs is 3. The number of benzene rings is 1. The lowest BCUT2D eigenvalue weighted by atomic mass is 9.75. The SMILES string of the molecule is CCOC(=O)[C@@]1(CCSC)Nc2c(cc(C(=O)C(F)(F)F)c3cccnc23)C1(O)C(F)(F)F. The Morgan fingerprint density at radius 2 is 1.91 bits per heavy atom. The van der Waals surface area contributed by atoms with E-state index in [2.05, 4.69) is 10.3 Å². The topological polar surface area (TPSA) is 88.5 Å². The summed E-state index contributed by atoms with van der Waals surface area (Å²) in [4.78, 5) is 28.8. The van der Waals surface area contributed by atoms with Crippen molar-refractivity contribution in [3.8, 4) is 0 Å². The number of aromatic nitrogens is 1. The normalized spacial score (nSPS) is 22.7. The van der Waals surface area contributed by atoms with Crippen molar-refractivity contribution in [2.45, 2.75) is 36.8 Å². The lowest BCUT2D eigenvalue weighted by Gasteiger charge is -2.41. The number of aliphatic hydroxyl groups is 1. The Morgan fingerprint density at radius 3 is 2.45 bits per heavy atom. The first-order valence-electron chi connectivity index (χ1n) is 9.53. The smallest absolute Gasteiger partial charge is 0.454 e. The summed E-state index contributed by atoms with van der Waals surface area (Å²) in [6.07, 6.45) is -8.88. The monoisotopic (exact) mass is 496 g/mol. The first kappa shape index (κ1) is 25.1. The summed E-state index contributed by atoms with van der Waals surface area (Å²) < 4.78 is 88.0. The molecular formula is C20H18F6N2O4S. The van der Waals surface area contributed by atoms with Gasteiger partial charge >= 0.3 is 18.3 Å². The van der Waals surface area contributed by atoms with Crippen LogP contribution in [0.5, 0.6) is 0 Å². The molecule has 2 N–H and O–H groups in total. The van der Waals surface area contributed by atoms with E-state index in [1.54, 1.807) is 6.26 Å². The number of thioether (sulfide) groups is 1. The van der Waals surface area contributed by atoms with E-state index in [4.69, 9.17) is 4.74 Å². The van der Waals surface area contributed by atoms with E-state index in [-0.39, 0.29) is 17.7 Å². The number of anilines is 1. The molecule has 1 unspecified atom stereocenters. The number of carbonyl (C=O) groups excluding carboxylic acids is 2. The van der Waals surface area contributed by atoms with Gasteiger partial charge in [0.2, 0.25) is 5.60 Å². The zero-order valence-corrected chi connectivity index (χ0v) is 18.0. The van der Waals surface area contributed by atoms with E-state index in [0.717, 1.165) is 24.0 Å². The van der Waals surface area contributed by atoms with Crippen molar-refractivity contribution < 1.29 is 45.8 Å². The minimum atomic E-state index is -5.54. The summed E-state index contributed by atoms with van der Waals surface area (Å²) in [6.45, 7) is 1.04. The van der Waals surface area contributed by atoms with Crippen LogP contribution in [0.3, 0.4) is 0 Å². The number of esters is 1. The highest BCUT2D eigenvalue weighted by Crippen LogP contribution is 2.58. The second-order valence-electron chi connectivity index (χ2n) is 7.27. The molecule has 0 bridgehead atoms. The number of alkyl halides is 6. The summed E-state index contributed by atoms with van der Waals surface area (Å²) in [7, 11) is 0. The molecule has 3 rings (SSSR count). The average Bonchev–Trinajstić information content (AvgIpc) is 3.01. The number of hydrogen-bond donors (Lipinski definition) is 2. The molecule has 2 heterocycles. The third-order valence-corrected chi connectivity index (χ3v) is 6.07. The second-order valence-corrected chi connectivity index (χ2v) is 8.26. The van der Waals surface area contributed by atoms with E-state index < -0.39 is 64.0 Å². The Morgan fingerprint density at radius 1 is 1.24 bits per heavy atom. The van der Waals surface area contributed by atoms with E-state index >= 15 is 0 Å². The summed E-state index contributed by atoms with van der Waals surface area (Å²) in [6, 6.07) is 2.62. The zero-order valence-electron chi connectivity index (χ0n) is 17.2. The number of hydrogen-bond acceptors (Lipinski definition) is 7. The minimum absolute atomic E-state index is 0.0438. The molecule has 33 heavy (non-hydrogen) atoms. The Labute approximate surface area is 187 Å². The van der Waals surface area contributed by atoms with Gasteiger partial charge in [0.25, 0.3) is 5.78 Å². The maximum atomic E-state index is 14.5. The second kappa shape index (κ2) is 8.35. The molecule has 1 aliphatic rings. The number of carbonyl (C=O) groups is 2. The van der Waals surface area contributed by atoms with Crippen LogP contribution in [0, 0.1) is 0 Å². The highest BCUT2D eigenvalue weighted by atomic mass is 32.2. The van der Waals surface area contributed by atoms with Gasteiger partial charge in [-0.3, -0.25) is 9.78 Å². The van der Waals surface area contributed by atoms with E-state index in [1.165, 1.54) is 13.0 Å². The van der Waals surface area contributed by atoms with Crippen LogP contribution < -0.4 is 5.32 Å². The third-order valence-electron chi connectivity index (χ3n) is 5.46. The number of ether oxygens (including phenoxy) is 1. The van der Waals surface area contributed by atoms with Gasteiger partial charge in [0, 0.05) is 22.7 Å². The molecule has 0 fully saturated rings. The van der Waals surface area contributed by atoms with E-state index in [0.29, 0.717) is 6.07 Å². The van der Waals surface area contributed by atoms with Crippen LogP contribution in [0.15, 0.2) is 24.4 Å². The highest BCUT2D eigenvalue weighted by molar-refractivity contribution is 7.98. The largest absolute Gasteiger partial charge is 0.464 e. The molecule has 0 saturated heterocycles. The number of halogens is 6. The fourth-order valence-corrected chi connectivity index (χ4v) is 4.49. The Balaban J connectivity index is 2.45. The van der Waals surface area contributed by atoms with Gasteiger partial charge in [-0.1, -0.05) is 6.07 Å². The van der Waals surface area contributed by atoms with Gasteiger partial charge in [0.15, 0.2) is 5.54 Å². The number of nitrogens with one attached hydrogen (secondary N) is 1. The fraction of sp³-hybridized carbons (Fsp3) is 0.450. The molecule has 0 aliphatic carbocycles. The molecule has 0 saturated carbocycles. The van der Waals surface area contributed by atoms with Gasteiger partial charge in [-0.2, -0.15) is 38.1 Å². The molecular weight excluding hydrogens is 478 g/mol. The van der Waals surface area contributed by atoms with Crippen molar-refractivity contribution in [2.75, 3.05) is 23.9 Å². The lowest BCUT2D eigenvalue weighted by Crippen LogP contribution is -2.65. The van der Waals surface area contributed by atoms with Gasteiger partial charge in [-0.15, -0.1) is 0 Å². The van der Waals surface area contributed by atoms with Crippen molar-refractivity contribution in [3.05, 3.63) is 35.5 Å². The van der Waals surface area contributed by atoms with Gasteiger partial charge < -0.3 is 15.2 Å². The van der Waals surface area contributed by atoms with Crippen LogP contribution in [0.2, 0.25) is 0 Å². The molecule has 13 heteroatoms. The first-order chi connectivity index (χ1) is 15.3. The molecule has 0 amide bonds. The molecule has 1 aromatic carbocycles. The van der Waals surface area contributed by atoms with Crippen molar-refractivity contribution >= 4 is 40.1 Å². The predicted octanol–water partition coefficient (Wildman–Crippen LogP) is 4.21. The van der Waals surface area contributed by atoms with Crippen LogP contribution in [-0.4, -0.2) is 58.4 Å². The molecule has 2 atom stereocenters. The number of pyridine rings is 1. The number of rotatable bonds is 6. The maximum Gasteiger partial charge on any atom is 0.454 e. The molecule has 0 spiro atoms. The summed E-state index contributed by atoms with van der Waals surface area (Å²) >= 11 is 1.08. The third kappa shape index (κ3) is 3.70. The predicted molar refractivity (Wildman–Crippen MR) is 108 cm³/mol. The lowest BCUT2D eigenvalue weighted by molar-refractivity contribution is -0.284. The minimum Gasteiger partial charge on any atom is -0.464 e. The molecule has 180 valence electrons. The Kier molecular flexibility index (Phi) is 6.35. The molecule has 0 radical (unpaired) electrons. The Hall–Kier alpha value is -2.54. The van der Waals surface area contributed by atoms with Crippen molar-refractivity contribution in [1.82, 2.24) is 4.98 Å². The summed E-state index contributed by atoms with van der Waals surface area (Å²) in [5.41, 5.74) is -10.00. The zero-order chi connectivity index (χ0) is 24.8. The fourth-order valence-electron chi connectivity index (χ4n) is 3.98. The van der Waals surface area contributed by atoms with Gasteiger partial charge in [-0.25, -0.2) is 4.79 Å². The molecule has 1 aromatic heterocycles. The molecule has 6 nitrogen and oxygen atoms in total. The average molecular weight is 496 g/mol. The molecule has 1 aliphatic heterocycles. The van der Waals surface area contributed by atoms with Crippen LogP contribution in [0.1, 0.15) is 29.3 Å². The maximum absolute atomic E-state index is 14.5. The van der Waals surface area contributed by atoms with E-state index in [1.807, 2.05) is 0 Å². The highest BCUT2D eigenvalue weighted by Gasteiger charge is 2.75. The van der Waals surface area contributed by atoms with Gasteiger partial charge in [-0.05, 0) is 37.5 Å². The number of nitrogens with zero attached hydrogens (tertiary/aromatic N) is 1. The summed E-state index contributed by atoms with van der Waals surface area (Å²) in [5.74, 6) is -3.90. The van der Waals surface area contributed by atoms with Crippen LogP contribution >= 0.6 is 11.8 Å². The van der Waals surface area contributed by atoms with Crippen molar-refractivity contribution in [1.29, 1.82) is 0 Å². The van der Waals surface area contributed by atoms with Crippen molar-refractivity contribution in [2.24, 2.45) is 0 Å². The van der Waals surface area contributed by atoms with Crippen LogP contribution in [0.25, 0.3) is 10.9 Å². The quantitative estimate of drug-likeness (QED) is 0.352. The van der Waals surface area contributed by atoms with Crippen LogP contribution in [-0.2, 0) is 15.1 Å². The van der Waals surface area contributed by atoms with Gasteiger partial charge in [0.1, 0.15) is 0 Å². The van der Waals surface area contributed by atoms with Crippen molar-refractivity contribution in [3.63, 3.8) is 0 Å². The van der Waals surface area contributed by atoms with Gasteiger partial charge in [0.05, 0.1) is 17.8 Å². The molecule has 2 aromatic rings. The number of Topliss-reactive ketones (excluding diaryl/α,β-unsaturated/α-hetero) is 1. The number of ketones is 1. The van der Waals surface area contributed by atoms with Crippen LogP contribution in [0.4, 0.5) is 32.0 Å². The standard InChI is InChI=1S/C20H18F6N2O4S/c1-3-32-16(30)17(6-8-33-2)18(31,20(24,25)26)12-9-11(15(29)19(21,22)23)10-5-4-7-27-13(10)14(12)28-17/h4-5,7,9,28,31H,3,6,8H2,1-2H3/t17-,18?/m1/s1. The Bertz CT molecular complexity index is 1110. The summed E-state index contributed by atoms with van der Waals surface area (Å²) in [5, 5.41) is 13.2. The van der Waals surface area contributed by atoms with E-state index in [9.17, 15) is 41.0 Å². The first-order valence-corrected chi connectivity index (χ1v) is 10.9.